The lowest BCUT2D eigenvalue weighted by molar-refractivity contribution is 1.36. The molecule has 0 amide bonds. The number of aromatic amines is 2. The summed E-state index contributed by atoms with van der Waals surface area (Å²) in [5, 5.41) is 2.67. The van der Waals surface area contributed by atoms with Crippen LogP contribution in [0.15, 0.2) is 62.0 Å². The summed E-state index contributed by atoms with van der Waals surface area (Å²) in [4.78, 5) is 6.76. The minimum Gasteiger partial charge on any atom is -0.368 e. The highest BCUT2D eigenvalue weighted by atomic mass is 28.3. The fourth-order valence-corrected chi connectivity index (χ4v) is 6.29. The molecule has 17 heavy (non-hydrogen) atoms. The van der Waals surface area contributed by atoms with Crippen molar-refractivity contribution >= 4 is 18.7 Å². The molecule has 2 aromatic heterocycles. The van der Waals surface area contributed by atoms with Gasteiger partial charge in [-0.2, -0.15) is 0 Å². The van der Waals surface area contributed by atoms with Crippen molar-refractivity contribution in [3.8, 4) is 0 Å². The van der Waals surface area contributed by atoms with Crippen LogP contribution in [0.25, 0.3) is 0 Å². The van der Waals surface area contributed by atoms with Crippen LogP contribution in [0.1, 0.15) is 0 Å². The Hall–Kier alpha value is -1.74. The molecule has 3 heteroatoms. The first-order chi connectivity index (χ1) is 8.33. The molecular weight excluding hydrogens is 224 g/mol. The van der Waals surface area contributed by atoms with Gasteiger partial charge in [0.05, 0.1) is 0 Å². The number of hydrogen-bond donors (Lipinski definition) is 2. The molecule has 0 aliphatic carbocycles. The van der Waals surface area contributed by atoms with Gasteiger partial charge >= 0.3 is 0 Å². The zero-order valence-corrected chi connectivity index (χ0v) is 10.9. The summed E-state index contributed by atoms with van der Waals surface area (Å²) in [5.41, 5.74) is 0. The van der Waals surface area contributed by atoms with E-state index in [1.54, 1.807) is 0 Å². The number of nitrogens with one attached hydrogen (secondary N) is 2. The third kappa shape index (κ3) is 2.06. The van der Waals surface area contributed by atoms with Gasteiger partial charge in [0.1, 0.15) is 0 Å². The van der Waals surface area contributed by atoms with E-state index in [-0.39, 0.29) is 0 Å². The van der Waals surface area contributed by atoms with Gasteiger partial charge in [0.2, 0.25) is 0 Å². The van der Waals surface area contributed by atoms with Gasteiger partial charge in [-0.15, -0.1) is 13.2 Å². The molecule has 0 aliphatic heterocycles. The van der Waals surface area contributed by atoms with Gasteiger partial charge in [0.15, 0.2) is 8.07 Å². The van der Waals surface area contributed by atoms with E-state index < -0.39 is 8.07 Å². The highest BCUT2D eigenvalue weighted by molar-refractivity contribution is 7.01. The van der Waals surface area contributed by atoms with Crippen LogP contribution in [-0.2, 0) is 0 Å². The SMILES string of the molecule is C=CC[Si](CC=C)(c1ccc[nH]1)c1ccc[nH]1. The minimum absolute atomic E-state index is 1.01. The maximum absolute atomic E-state index is 3.92. The second-order valence-electron chi connectivity index (χ2n) is 4.24. The monoisotopic (exact) mass is 242 g/mol. The van der Waals surface area contributed by atoms with Gasteiger partial charge in [-0.1, -0.05) is 12.2 Å². The molecule has 2 rings (SSSR count). The number of rotatable bonds is 6. The highest BCUT2D eigenvalue weighted by Gasteiger charge is 2.36. The summed E-state index contributed by atoms with van der Waals surface area (Å²) in [6.45, 7) is 7.84. The Labute approximate surface area is 103 Å². The van der Waals surface area contributed by atoms with Crippen LogP contribution in [0.4, 0.5) is 0 Å². The van der Waals surface area contributed by atoms with E-state index in [0.29, 0.717) is 0 Å². The molecule has 0 atom stereocenters. The van der Waals surface area contributed by atoms with Crippen LogP contribution < -0.4 is 10.6 Å². The van der Waals surface area contributed by atoms with Crippen molar-refractivity contribution in [2.45, 2.75) is 12.1 Å². The lowest BCUT2D eigenvalue weighted by Crippen LogP contribution is -2.58. The molecule has 0 aromatic carbocycles. The van der Waals surface area contributed by atoms with E-state index in [1.165, 1.54) is 10.6 Å². The summed E-state index contributed by atoms with van der Waals surface area (Å²) in [6, 6.07) is 10.5. The van der Waals surface area contributed by atoms with Crippen molar-refractivity contribution < 1.29 is 0 Å². The van der Waals surface area contributed by atoms with Crippen LogP contribution in [0.5, 0.6) is 0 Å². The molecule has 88 valence electrons. The molecule has 0 aliphatic rings. The van der Waals surface area contributed by atoms with Crippen LogP contribution >= 0.6 is 0 Å². The Morgan fingerprint density at radius 2 is 1.41 bits per heavy atom. The number of H-pyrrole nitrogens is 2. The third-order valence-electron chi connectivity index (χ3n) is 3.21. The van der Waals surface area contributed by atoms with Crippen molar-refractivity contribution in [2.75, 3.05) is 0 Å². The van der Waals surface area contributed by atoms with Crippen LogP contribution in [0.2, 0.25) is 12.1 Å². The van der Waals surface area contributed by atoms with Gasteiger partial charge < -0.3 is 9.97 Å². The predicted molar refractivity (Wildman–Crippen MR) is 76.6 cm³/mol. The van der Waals surface area contributed by atoms with E-state index in [4.69, 9.17) is 0 Å². The van der Waals surface area contributed by atoms with E-state index in [0.717, 1.165) is 12.1 Å². The fraction of sp³-hybridized carbons (Fsp3) is 0.143. The Morgan fingerprint density at radius 3 is 1.71 bits per heavy atom. The van der Waals surface area contributed by atoms with Gasteiger partial charge in [-0.3, -0.25) is 0 Å². The highest BCUT2D eigenvalue weighted by Crippen LogP contribution is 2.16. The quantitative estimate of drug-likeness (QED) is 0.575. The first-order valence-electron chi connectivity index (χ1n) is 5.83. The van der Waals surface area contributed by atoms with Crippen molar-refractivity contribution in [3.05, 3.63) is 62.0 Å². The topological polar surface area (TPSA) is 31.6 Å². The average Bonchev–Trinajstić information content (AvgIpc) is 3.02. The van der Waals surface area contributed by atoms with Crippen LogP contribution in [-0.4, -0.2) is 18.0 Å². The maximum Gasteiger partial charge on any atom is 0.165 e. The molecule has 0 saturated heterocycles. The lowest BCUT2D eigenvalue weighted by atomic mass is 10.7. The zero-order chi connectivity index (χ0) is 12.1. The average molecular weight is 242 g/mol. The molecule has 2 heterocycles. The second kappa shape index (κ2) is 5.06. The molecule has 0 spiro atoms. The fourth-order valence-electron chi connectivity index (χ4n) is 2.42. The summed E-state index contributed by atoms with van der Waals surface area (Å²) in [6.07, 6.45) is 8.03. The normalized spacial score (nSPS) is 11.3. The molecule has 0 fully saturated rings. The molecule has 0 bridgehead atoms. The zero-order valence-electron chi connectivity index (χ0n) is 9.95. The predicted octanol–water partition coefficient (Wildman–Crippen LogP) is 2.28. The standard InChI is InChI=1S/C14H18N2Si/c1-3-11-17(12-4-2,13-7-5-9-15-13)14-8-6-10-16-14/h3-10,15-16H,1-2,11-12H2. The van der Waals surface area contributed by atoms with Gasteiger partial charge in [-0.05, 0) is 36.4 Å². The molecule has 0 radical (unpaired) electrons. The van der Waals surface area contributed by atoms with Crippen molar-refractivity contribution in [1.29, 1.82) is 0 Å². The molecular formula is C14H18N2Si. The number of allylic oxidation sites excluding steroid dienone is 2. The summed E-state index contributed by atoms with van der Waals surface area (Å²) in [7, 11) is -1.79. The minimum atomic E-state index is -1.79. The Morgan fingerprint density at radius 1 is 0.941 bits per heavy atom. The van der Waals surface area contributed by atoms with E-state index in [2.05, 4.69) is 47.4 Å². The van der Waals surface area contributed by atoms with Crippen molar-refractivity contribution in [2.24, 2.45) is 0 Å². The first kappa shape index (κ1) is 11.7. The van der Waals surface area contributed by atoms with Gasteiger partial charge in [0.25, 0.3) is 0 Å². The molecule has 0 saturated carbocycles. The molecule has 0 unspecified atom stereocenters. The Kier molecular flexibility index (Phi) is 3.49. The number of aromatic nitrogens is 2. The first-order valence-corrected chi connectivity index (χ1v) is 8.24. The third-order valence-corrected chi connectivity index (χ3v) is 7.87. The van der Waals surface area contributed by atoms with E-state index >= 15 is 0 Å². The smallest absolute Gasteiger partial charge is 0.165 e. The number of hydrogen-bond acceptors (Lipinski definition) is 0. The van der Waals surface area contributed by atoms with E-state index in [1.807, 2.05) is 24.5 Å². The Balaban J connectivity index is 2.53. The molecule has 2 N–H and O–H groups in total. The molecule has 2 aromatic rings. The van der Waals surface area contributed by atoms with Crippen molar-refractivity contribution in [1.82, 2.24) is 9.97 Å². The van der Waals surface area contributed by atoms with Crippen molar-refractivity contribution in [3.63, 3.8) is 0 Å². The van der Waals surface area contributed by atoms with Crippen LogP contribution in [0, 0.1) is 0 Å². The maximum atomic E-state index is 3.92. The van der Waals surface area contributed by atoms with Gasteiger partial charge in [0, 0.05) is 23.0 Å². The molecule has 2 nitrogen and oxygen atoms in total. The van der Waals surface area contributed by atoms with Gasteiger partial charge in [-0.25, -0.2) is 0 Å². The van der Waals surface area contributed by atoms with E-state index in [9.17, 15) is 0 Å². The Bertz CT molecular complexity index is 422. The summed E-state index contributed by atoms with van der Waals surface area (Å²) in [5.74, 6) is 0. The summed E-state index contributed by atoms with van der Waals surface area (Å²) < 4.78 is 0. The summed E-state index contributed by atoms with van der Waals surface area (Å²) >= 11 is 0. The van der Waals surface area contributed by atoms with Crippen LogP contribution in [0.3, 0.4) is 0 Å². The lowest BCUT2D eigenvalue weighted by Gasteiger charge is -2.27. The second-order valence-corrected chi connectivity index (χ2v) is 8.29. The largest absolute Gasteiger partial charge is 0.368 e.